The molecule has 3 rings (SSSR count). The van der Waals surface area contributed by atoms with Crippen molar-refractivity contribution in [3.8, 4) is 0 Å². The lowest BCUT2D eigenvalue weighted by Gasteiger charge is -2.15. The molecule has 0 aromatic carbocycles. The van der Waals surface area contributed by atoms with Gasteiger partial charge in [0, 0.05) is 37.4 Å². The molecule has 1 saturated carbocycles. The Morgan fingerprint density at radius 2 is 1.71 bits per heavy atom. The van der Waals surface area contributed by atoms with Gasteiger partial charge in [-0.15, -0.1) is 0 Å². The monoisotopic (exact) mass is 325 g/mol. The van der Waals surface area contributed by atoms with E-state index < -0.39 is 0 Å². The highest BCUT2D eigenvalue weighted by atomic mass is 16.1. The number of nitrogens with one attached hydrogen (secondary N) is 2. The molecule has 0 unspecified atom stereocenters. The van der Waals surface area contributed by atoms with Gasteiger partial charge in [0.2, 0.25) is 5.95 Å². The van der Waals surface area contributed by atoms with E-state index in [1.807, 2.05) is 12.1 Å². The molecule has 6 nitrogen and oxygen atoms in total. The van der Waals surface area contributed by atoms with Crippen LogP contribution in [0.3, 0.4) is 0 Å². The van der Waals surface area contributed by atoms with E-state index in [9.17, 15) is 4.79 Å². The molecule has 1 aliphatic rings. The predicted molar refractivity (Wildman–Crippen MR) is 92.6 cm³/mol. The molecule has 0 saturated heterocycles. The number of nitrogens with zero attached hydrogens (tertiary/aromatic N) is 3. The molecular weight excluding hydrogens is 302 g/mol. The first-order valence-corrected chi connectivity index (χ1v) is 8.57. The Kier molecular flexibility index (Phi) is 5.71. The van der Waals surface area contributed by atoms with Gasteiger partial charge < -0.3 is 10.6 Å². The zero-order chi connectivity index (χ0) is 16.6. The maximum absolute atomic E-state index is 12.1. The van der Waals surface area contributed by atoms with Gasteiger partial charge in [-0.3, -0.25) is 9.78 Å². The molecule has 0 atom stereocenters. The summed E-state index contributed by atoms with van der Waals surface area (Å²) in [5, 5.41) is 6.24. The van der Waals surface area contributed by atoms with Crippen molar-refractivity contribution in [2.24, 2.45) is 0 Å². The molecular formula is C18H23N5O. The molecule has 1 aliphatic carbocycles. The Morgan fingerprint density at radius 3 is 2.38 bits per heavy atom. The first-order chi connectivity index (χ1) is 11.8. The lowest BCUT2D eigenvalue weighted by atomic mass is 10.1. The molecule has 0 radical (unpaired) electrons. The second-order valence-electron chi connectivity index (χ2n) is 6.17. The highest BCUT2D eigenvalue weighted by Gasteiger charge is 2.13. The number of aromatic nitrogens is 3. The predicted octanol–water partition coefficient (Wildman–Crippen LogP) is 2.94. The number of hydrogen-bond donors (Lipinski definition) is 2. The molecule has 0 aliphatic heterocycles. The highest BCUT2D eigenvalue weighted by molar-refractivity contribution is 5.93. The average Bonchev–Trinajstić information content (AvgIpc) is 2.90. The molecule has 2 aromatic rings. The Hall–Kier alpha value is -2.50. The molecule has 0 spiro atoms. The first-order valence-electron chi connectivity index (χ1n) is 8.57. The molecule has 2 aromatic heterocycles. The molecule has 2 N–H and O–H groups in total. The minimum atomic E-state index is -0.173. The number of carbonyl (C=O) groups excluding carboxylic acids is 1. The standard InChI is InChI=1S/C18H23N5O/c24-17(20-11-14-7-9-19-10-8-14)15-12-21-18(22-13-15)23-16-5-3-1-2-4-6-16/h7-10,12-13,16H,1-6,11H2,(H,20,24)(H,21,22,23). The molecule has 6 heteroatoms. The Bertz CT molecular complexity index is 636. The van der Waals surface area contributed by atoms with Crippen LogP contribution in [-0.4, -0.2) is 26.9 Å². The third-order valence-electron chi connectivity index (χ3n) is 4.30. The summed E-state index contributed by atoms with van der Waals surface area (Å²) in [6.45, 7) is 0.462. The molecule has 1 fully saturated rings. The van der Waals surface area contributed by atoms with Gasteiger partial charge in [0.05, 0.1) is 5.56 Å². The van der Waals surface area contributed by atoms with Crippen molar-refractivity contribution in [3.05, 3.63) is 48.0 Å². The number of anilines is 1. The minimum Gasteiger partial charge on any atom is -0.351 e. The normalized spacial score (nSPS) is 15.5. The van der Waals surface area contributed by atoms with E-state index >= 15 is 0 Å². The minimum absolute atomic E-state index is 0.173. The number of pyridine rings is 1. The molecule has 24 heavy (non-hydrogen) atoms. The van der Waals surface area contributed by atoms with Crippen LogP contribution in [0.15, 0.2) is 36.9 Å². The summed E-state index contributed by atoms with van der Waals surface area (Å²) in [6, 6.07) is 4.19. The maximum atomic E-state index is 12.1. The van der Waals surface area contributed by atoms with Crippen LogP contribution in [0.5, 0.6) is 0 Å². The third kappa shape index (κ3) is 4.75. The topological polar surface area (TPSA) is 79.8 Å². The molecule has 2 heterocycles. The summed E-state index contributed by atoms with van der Waals surface area (Å²) in [6.07, 6.45) is 14.0. The molecule has 1 amide bonds. The van der Waals surface area contributed by atoms with Crippen molar-refractivity contribution in [1.29, 1.82) is 0 Å². The second kappa shape index (κ2) is 8.38. The lowest BCUT2D eigenvalue weighted by Crippen LogP contribution is -2.24. The zero-order valence-corrected chi connectivity index (χ0v) is 13.7. The Labute approximate surface area is 142 Å². The van der Waals surface area contributed by atoms with E-state index in [1.165, 1.54) is 25.7 Å². The average molecular weight is 325 g/mol. The van der Waals surface area contributed by atoms with Gasteiger partial charge in [-0.05, 0) is 30.5 Å². The van der Waals surface area contributed by atoms with Crippen LogP contribution in [-0.2, 0) is 6.54 Å². The van der Waals surface area contributed by atoms with Gasteiger partial charge in [-0.25, -0.2) is 9.97 Å². The summed E-state index contributed by atoms with van der Waals surface area (Å²) in [4.78, 5) is 24.7. The summed E-state index contributed by atoms with van der Waals surface area (Å²) in [5.74, 6) is 0.431. The van der Waals surface area contributed by atoms with Crippen molar-refractivity contribution >= 4 is 11.9 Å². The van der Waals surface area contributed by atoms with E-state index in [-0.39, 0.29) is 5.91 Å². The van der Waals surface area contributed by atoms with Crippen molar-refractivity contribution < 1.29 is 4.79 Å². The van der Waals surface area contributed by atoms with Crippen molar-refractivity contribution in [3.63, 3.8) is 0 Å². The van der Waals surface area contributed by atoms with Crippen LogP contribution < -0.4 is 10.6 Å². The lowest BCUT2D eigenvalue weighted by molar-refractivity contribution is 0.0950. The zero-order valence-electron chi connectivity index (χ0n) is 13.7. The maximum Gasteiger partial charge on any atom is 0.254 e. The van der Waals surface area contributed by atoms with E-state index in [2.05, 4.69) is 25.6 Å². The fourth-order valence-electron chi connectivity index (χ4n) is 2.91. The summed E-state index contributed by atoms with van der Waals surface area (Å²) in [7, 11) is 0. The highest BCUT2D eigenvalue weighted by Crippen LogP contribution is 2.19. The smallest absolute Gasteiger partial charge is 0.254 e. The Balaban J connectivity index is 1.52. The van der Waals surface area contributed by atoms with Gasteiger partial charge in [-0.2, -0.15) is 0 Å². The fraction of sp³-hybridized carbons (Fsp3) is 0.444. The van der Waals surface area contributed by atoms with E-state index in [4.69, 9.17) is 0 Å². The quantitative estimate of drug-likeness (QED) is 0.826. The summed E-state index contributed by atoms with van der Waals surface area (Å²) >= 11 is 0. The van der Waals surface area contributed by atoms with Crippen LogP contribution >= 0.6 is 0 Å². The molecule has 126 valence electrons. The van der Waals surface area contributed by atoms with E-state index in [0.29, 0.717) is 24.1 Å². The number of hydrogen-bond acceptors (Lipinski definition) is 5. The number of rotatable bonds is 5. The van der Waals surface area contributed by atoms with Crippen LogP contribution in [0.4, 0.5) is 5.95 Å². The van der Waals surface area contributed by atoms with Gasteiger partial charge in [-0.1, -0.05) is 25.7 Å². The third-order valence-corrected chi connectivity index (χ3v) is 4.30. The van der Waals surface area contributed by atoms with Crippen LogP contribution in [0.25, 0.3) is 0 Å². The first kappa shape index (κ1) is 16.4. The van der Waals surface area contributed by atoms with Gasteiger partial charge in [0.1, 0.15) is 0 Å². The fourth-order valence-corrected chi connectivity index (χ4v) is 2.91. The van der Waals surface area contributed by atoms with Gasteiger partial charge >= 0.3 is 0 Å². The van der Waals surface area contributed by atoms with Crippen LogP contribution in [0.2, 0.25) is 0 Å². The Morgan fingerprint density at radius 1 is 1.04 bits per heavy atom. The van der Waals surface area contributed by atoms with Crippen molar-refractivity contribution in [1.82, 2.24) is 20.3 Å². The van der Waals surface area contributed by atoms with Gasteiger partial charge in [0.15, 0.2) is 0 Å². The molecule has 0 bridgehead atoms. The van der Waals surface area contributed by atoms with Crippen LogP contribution in [0.1, 0.15) is 54.4 Å². The van der Waals surface area contributed by atoms with E-state index in [1.54, 1.807) is 24.8 Å². The van der Waals surface area contributed by atoms with Crippen LogP contribution in [0, 0.1) is 0 Å². The summed E-state index contributed by atoms with van der Waals surface area (Å²) in [5.41, 5.74) is 1.47. The van der Waals surface area contributed by atoms with Gasteiger partial charge in [0.25, 0.3) is 5.91 Å². The largest absolute Gasteiger partial charge is 0.351 e. The number of carbonyl (C=O) groups is 1. The van der Waals surface area contributed by atoms with Crippen molar-refractivity contribution in [2.75, 3.05) is 5.32 Å². The summed E-state index contributed by atoms with van der Waals surface area (Å²) < 4.78 is 0. The van der Waals surface area contributed by atoms with E-state index in [0.717, 1.165) is 18.4 Å². The second-order valence-corrected chi connectivity index (χ2v) is 6.17. The van der Waals surface area contributed by atoms with Crippen molar-refractivity contribution in [2.45, 2.75) is 51.1 Å². The number of amides is 1. The SMILES string of the molecule is O=C(NCc1ccncc1)c1cnc(NC2CCCCCC2)nc1.